The molecule has 4 heteroatoms. The number of amides is 1. The lowest BCUT2D eigenvalue weighted by atomic mass is 10.5. The second kappa shape index (κ2) is 6.25. The van der Waals surface area contributed by atoms with Crippen LogP contribution in [0.2, 0.25) is 0 Å². The van der Waals surface area contributed by atoms with Gasteiger partial charge in [-0.2, -0.15) is 0 Å². The van der Waals surface area contributed by atoms with Crippen molar-refractivity contribution in [3.63, 3.8) is 0 Å². The fourth-order valence-electron chi connectivity index (χ4n) is 0.358. The van der Waals surface area contributed by atoms with Gasteiger partial charge in [-0.05, 0) is 6.92 Å². The number of rotatable bonds is 4. The van der Waals surface area contributed by atoms with Gasteiger partial charge in [-0.3, -0.25) is 10.2 Å². The van der Waals surface area contributed by atoms with Gasteiger partial charge in [0.25, 0.3) is 5.91 Å². The molecular weight excluding hydrogens is 132 g/mol. The summed E-state index contributed by atoms with van der Waals surface area (Å²) in [6.07, 6.45) is 3.66. The number of carbonyl (C=O) groups excluding carboxylic acids is 1. The zero-order valence-corrected chi connectivity index (χ0v) is 5.96. The average Bonchev–Trinajstić information content (AvgIpc) is 1.98. The molecule has 1 amide bonds. The van der Waals surface area contributed by atoms with Crippen molar-refractivity contribution in [3.8, 4) is 0 Å². The Labute approximate surface area is 60.0 Å². The Morgan fingerprint density at radius 3 is 3.00 bits per heavy atom. The summed E-state index contributed by atoms with van der Waals surface area (Å²) < 4.78 is 4.85. The number of hydrogen-bond acceptors (Lipinski definition) is 3. The van der Waals surface area contributed by atoms with E-state index in [1.807, 2.05) is 24.5 Å². The molecule has 0 rings (SSSR count). The topological polar surface area (TPSA) is 64.3 Å². The van der Waals surface area contributed by atoms with Crippen molar-refractivity contribution in [2.45, 2.75) is 6.92 Å². The van der Waals surface area contributed by atoms with Gasteiger partial charge >= 0.3 is 0 Å². The number of hydrogen-bond donors (Lipinski definition) is 2. The maximum absolute atomic E-state index is 10.4. The van der Waals surface area contributed by atoms with Gasteiger partial charge in [0.1, 0.15) is 6.61 Å². The molecule has 58 valence electrons. The molecule has 3 N–H and O–H groups in total. The number of hydrazine groups is 1. The molecule has 0 aromatic carbocycles. The first kappa shape index (κ1) is 9.13. The fraction of sp³-hybridized carbons (Fsp3) is 0.500. The van der Waals surface area contributed by atoms with Crippen molar-refractivity contribution in [2.75, 3.05) is 13.2 Å². The highest BCUT2D eigenvalue weighted by Crippen LogP contribution is 1.76. The highest BCUT2D eigenvalue weighted by atomic mass is 16.5. The molecule has 0 heterocycles. The fourth-order valence-corrected chi connectivity index (χ4v) is 0.358. The number of carbonyl (C=O) groups is 1. The van der Waals surface area contributed by atoms with E-state index >= 15 is 0 Å². The van der Waals surface area contributed by atoms with Crippen LogP contribution in [-0.2, 0) is 9.53 Å². The molecule has 0 aromatic heterocycles. The minimum atomic E-state index is -0.315. The van der Waals surface area contributed by atoms with Crippen molar-refractivity contribution in [1.29, 1.82) is 0 Å². The van der Waals surface area contributed by atoms with Crippen LogP contribution in [0.25, 0.3) is 0 Å². The van der Waals surface area contributed by atoms with Crippen LogP contribution >= 0.6 is 0 Å². The molecule has 0 radical (unpaired) electrons. The maximum atomic E-state index is 10.4. The number of nitrogens with two attached hydrogens (primary N) is 1. The second-order valence-corrected chi connectivity index (χ2v) is 1.65. The van der Waals surface area contributed by atoms with Crippen molar-refractivity contribution in [3.05, 3.63) is 12.2 Å². The van der Waals surface area contributed by atoms with Gasteiger partial charge in [-0.1, -0.05) is 12.2 Å². The number of nitrogens with one attached hydrogen (secondary N) is 1. The highest BCUT2D eigenvalue weighted by Gasteiger charge is 1.93. The van der Waals surface area contributed by atoms with Gasteiger partial charge in [-0.15, -0.1) is 0 Å². The summed E-state index contributed by atoms with van der Waals surface area (Å²) in [5.74, 6) is 4.47. The SMILES string of the molecule is C/C=C/COCC(=O)NN. The van der Waals surface area contributed by atoms with E-state index in [9.17, 15) is 4.79 Å². The Morgan fingerprint density at radius 1 is 1.80 bits per heavy atom. The van der Waals surface area contributed by atoms with E-state index in [-0.39, 0.29) is 12.5 Å². The Morgan fingerprint density at radius 2 is 2.50 bits per heavy atom. The van der Waals surface area contributed by atoms with Gasteiger partial charge in [0.05, 0.1) is 6.61 Å². The summed E-state index contributed by atoms with van der Waals surface area (Å²) in [5, 5.41) is 0. The molecule has 0 spiro atoms. The first-order chi connectivity index (χ1) is 4.81. The molecule has 10 heavy (non-hydrogen) atoms. The molecule has 0 aliphatic carbocycles. The van der Waals surface area contributed by atoms with E-state index in [1.165, 1.54) is 0 Å². The number of allylic oxidation sites excluding steroid dienone is 1. The molecule has 0 fully saturated rings. The molecular formula is C6H12N2O2. The molecule has 0 aromatic rings. The Bertz CT molecular complexity index is 123. The Kier molecular flexibility index (Phi) is 5.71. The second-order valence-electron chi connectivity index (χ2n) is 1.65. The Hall–Kier alpha value is -0.870. The van der Waals surface area contributed by atoms with Crippen LogP contribution in [0.4, 0.5) is 0 Å². The predicted octanol–water partition coefficient (Wildman–Crippen LogP) is -0.431. The van der Waals surface area contributed by atoms with Crippen molar-refractivity contribution >= 4 is 5.91 Å². The van der Waals surface area contributed by atoms with Crippen LogP contribution in [0.3, 0.4) is 0 Å². The third-order valence-electron chi connectivity index (χ3n) is 0.844. The van der Waals surface area contributed by atoms with Gasteiger partial charge < -0.3 is 4.74 Å². The van der Waals surface area contributed by atoms with E-state index in [4.69, 9.17) is 10.6 Å². The van der Waals surface area contributed by atoms with Crippen molar-refractivity contribution in [2.24, 2.45) is 5.84 Å². The smallest absolute Gasteiger partial charge is 0.259 e. The quantitative estimate of drug-likeness (QED) is 0.185. The van der Waals surface area contributed by atoms with Crippen molar-refractivity contribution in [1.82, 2.24) is 5.43 Å². The van der Waals surface area contributed by atoms with Crippen LogP contribution in [0.5, 0.6) is 0 Å². The van der Waals surface area contributed by atoms with E-state index in [0.717, 1.165) is 0 Å². The molecule has 0 bridgehead atoms. The first-order valence-electron chi connectivity index (χ1n) is 2.99. The van der Waals surface area contributed by atoms with Crippen LogP contribution in [0.1, 0.15) is 6.92 Å². The first-order valence-corrected chi connectivity index (χ1v) is 2.99. The summed E-state index contributed by atoms with van der Waals surface area (Å²) in [7, 11) is 0. The Balaban J connectivity index is 3.11. The van der Waals surface area contributed by atoms with Gasteiger partial charge in [0.2, 0.25) is 0 Å². The summed E-state index contributed by atoms with van der Waals surface area (Å²) in [4.78, 5) is 10.4. The largest absolute Gasteiger partial charge is 0.368 e. The molecule has 0 saturated carbocycles. The van der Waals surface area contributed by atoms with E-state index in [1.54, 1.807) is 0 Å². The standard InChI is InChI=1S/C6H12N2O2/c1-2-3-4-10-5-6(9)8-7/h2-3H,4-5,7H2,1H3,(H,8,9)/b3-2+. The van der Waals surface area contributed by atoms with Crippen LogP contribution in [0, 0.1) is 0 Å². The van der Waals surface area contributed by atoms with Crippen LogP contribution < -0.4 is 11.3 Å². The van der Waals surface area contributed by atoms with E-state index in [0.29, 0.717) is 6.61 Å². The highest BCUT2D eigenvalue weighted by molar-refractivity contribution is 5.76. The lowest BCUT2D eigenvalue weighted by molar-refractivity contribution is -0.125. The predicted molar refractivity (Wildman–Crippen MR) is 38.0 cm³/mol. The zero-order valence-electron chi connectivity index (χ0n) is 5.96. The molecule has 4 nitrogen and oxygen atoms in total. The van der Waals surface area contributed by atoms with Crippen molar-refractivity contribution < 1.29 is 9.53 Å². The lowest BCUT2D eigenvalue weighted by Crippen LogP contribution is -2.33. The van der Waals surface area contributed by atoms with E-state index < -0.39 is 0 Å². The molecule has 0 saturated heterocycles. The molecule has 0 atom stereocenters. The number of ether oxygens (including phenoxy) is 1. The van der Waals surface area contributed by atoms with Crippen LogP contribution in [0.15, 0.2) is 12.2 Å². The molecule has 0 aliphatic rings. The molecule has 0 unspecified atom stereocenters. The zero-order chi connectivity index (χ0) is 7.82. The minimum absolute atomic E-state index is 0.0147. The summed E-state index contributed by atoms with van der Waals surface area (Å²) in [6.45, 7) is 2.34. The monoisotopic (exact) mass is 144 g/mol. The van der Waals surface area contributed by atoms with Gasteiger partial charge in [0, 0.05) is 0 Å². The van der Waals surface area contributed by atoms with Gasteiger partial charge in [0.15, 0.2) is 0 Å². The van der Waals surface area contributed by atoms with E-state index in [2.05, 4.69) is 0 Å². The van der Waals surface area contributed by atoms with Gasteiger partial charge in [-0.25, -0.2) is 5.84 Å². The normalized spacial score (nSPS) is 10.2. The molecule has 0 aliphatic heterocycles. The average molecular weight is 144 g/mol. The summed E-state index contributed by atoms with van der Waals surface area (Å²) in [5.41, 5.74) is 1.95. The summed E-state index contributed by atoms with van der Waals surface area (Å²) in [6, 6.07) is 0. The van der Waals surface area contributed by atoms with Crippen LogP contribution in [-0.4, -0.2) is 19.1 Å². The summed E-state index contributed by atoms with van der Waals surface area (Å²) >= 11 is 0. The lowest BCUT2D eigenvalue weighted by Gasteiger charge is -1.97. The third kappa shape index (κ3) is 5.27. The maximum Gasteiger partial charge on any atom is 0.259 e. The minimum Gasteiger partial charge on any atom is -0.368 e. The third-order valence-corrected chi connectivity index (χ3v) is 0.844.